The Balaban J connectivity index is 1.79. The fourth-order valence-electron chi connectivity index (χ4n) is 3.44. The number of aryl methyl sites for hydroxylation is 1. The van der Waals surface area contributed by atoms with E-state index < -0.39 is 0 Å². The Labute approximate surface area is 116 Å². The van der Waals surface area contributed by atoms with Gasteiger partial charge in [-0.3, -0.25) is 4.90 Å². The zero-order valence-corrected chi connectivity index (χ0v) is 12.0. The first kappa shape index (κ1) is 12.9. The number of para-hydroxylation sites is 1. The molecule has 1 aliphatic carbocycles. The summed E-state index contributed by atoms with van der Waals surface area (Å²) < 4.78 is 0. The van der Waals surface area contributed by atoms with Gasteiger partial charge in [-0.1, -0.05) is 18.2 Å². The molecule has 2 unspecified atom stereocenters. The first-order chi connectivity index (χ1) is 9.13. The number of nitrogens with zero attached hydrogens (tertiary/aromatic N) is 1. The molecule has 104 valence electrons. The van der Waals surface area contributed by atoms with Gasteiger partial charge in [-0.05, 0) is 44.7 Å². The summed E-state index contributed by atoms with van der Waals surface area (Å²) in [6.45, 7) is 6.29. The van der Waals surface area contributed by atoms with Crippen molar-refractivity contribution < 1.29 is 0 Å². The maximum absolute atomic E-state index is 6.12. The van der Waals surface area contributed by atoms with Crippen LogP contribution in [0.4, 0.5) is 5.69 Å². The van der Waals surface area contributed by atoms with E-state index in [2.05, 4.69) is 48.3 Å². The molecular weight excluding hydrogens is 234 g/mol. The lowest BCUT2D eigenvalue weighted by molar-refractivity contribution is 0.252. The molecule has 0 aromatic heterocycles. The number of nitrogens with one attached hydrogen (secondary N) is 1. The molecule has 3 heteroatoms. The second-order valence-electron chi connectivity index (χ2n) is 6.38. The van der Waals surface area contributed by atoms with Crippen LogP contribution in [0.1, 0.15) is 31.7 Å². The largest absolute Gasteiger partial charge is 0.377 e. The van der Waals surface area contributed by atoms with Crippen molar-refractivity contribution >= 4 is 5.69 Å². The second-order valence-corrected chi connectivity index (χ2v) is 6.38. The van der Waals surface area contributed by atoms with Gasteiger partial charge in [0.15, 0.2) is 0 Å². The number of hydrogen-bond acceptors (Lipinski definition) is 3. The van der Waals surface area contributed by atoms with E-state index >= 15 is 0 Å². The maximum atomic E-state index is 6.12. The molecule has 2 aliphatic rings. The lowest BCUT2D eigenvalue weighted by Crippen LogP contribution is -2.48. The van der Waals surface area contributed by atoms with Gasteiger partial charge in [-0.2, -0.15) is 0 Å². The van der Waals surface area contributed by atoms with Gasteiger partial charge in [-0.15, -0.1) is 0 Å². The zero-order valence-electron chi connectivity index (χ0n) is 12.0. The van der Waals surface area contributed by atoms with E-state index in [1.165, 1.54) is 24.1 Å². The Hall–Kier alpha value is -1.06. The molecule has 3 rings (SSSR count). The fourth-order valence-corrected chi connectivity index (χ4v) is 3.44. The average Bonchev–Trinajstić information content (AvgIpc) is 3.18. The number of hydrogen-bond donors (Lipinski definition) is 2. The summed E-state index contributed by atoms with van der Waals surface area (Å²) >= 11 is 0. The monoisotopic (exact) mass is 259 g/mol. The van der Waals surface area contributed by atoms with Crippen LogP contribution in [0.5, 0.6) is 0 Å². The molecule has 1 aliphatic heterocycles. The fraction of sp³-hybridized carbons (Fsp3) is 0.625. The minimum absolute atomic E-state index is 0.0497. The summed E-state index contributed by atoms with van der Waals surface area (Å²) in [7, 11) is 0. The molecule has 1 saturated heterocycles. The molecule has 1 aromatic carbocycles. The van der Waals surface area contributed by atoms with Gasteiger partial charge in [-0.25, -0.2) is 0 Å². The van der Waals surface area contributed by atoms with Gasteiger partial charge in [0, 0.05) is 30.9 Å². The van der Waals surface area contributed by atoms with Gasteiger partial charge in [0.25, 0.3) is 0 Å². The molecule has 1 heterocycles. The van der Waals surface area contributed by atoms with Crippen molar-refractivity contribution in [1.29, 1.82) is 0 Å². The van der Waals surface area contributed by atoms with Crippen molar-refractivity contribution in [3.05, 3.63) is 29.8 Å². The molecule has 19 heavy (non-hydrogen) atoms. The Kier molecular flexibility index (Phi) is 3.27. The molecule has 2 atom stereocenters. The highest BCUT2D eigenvalue weighted by Gasteiger charge is 2.46. The summed E-state index contributed by atoms with van der Waals surface area (Å²) in [5, 5.41) is 3.75. The molecule has 1 aromatic rings. The molecule has 0 spiro atoms. The van der Waals surface area contributed by atoms with E-state index in [9.17, 15) is 0 Å². The average molecular weight is 259 g/mol. The van der Waals surface area contributed by atoms with Gasteiger partial charge in [0.1, 0.15) is 0 Å². The second kappa shape index (κ2) is 4.80. The van der Waals surface area contributed by atoms with Crippen LogP contribution in [0.25, 0.3) is 0 Å². The van der Waals surface area contributed by atoms with Crippen LogP contribution in [-0.4, -0.2) is 35.6 Å². The summed E-state index contributed by atoms with van der Waals surface area (Å²) in [5.74, 6) is 0. The lowest BCUT2D eigenvalue weighted by Gasteiger charge is -2.31. The van der Waals surface area contributed by atoms with Crippen molar-refractivity contribution in [2.24, 2.45) is 5.73 Å². The summed E-state index contributed by atoms with van der Waals surface area (Å²) in [6, 6.07) is 9.97. The van der Waals surface area contributed by atoms with Gasteiger partial charge in [0.2, 0.25) is 0 Å². The molecule has 1 saturated carbocycles. The molecular formula is C16H25N3. The Morgan fingerprint density at radius 2 is 2.11 bits per heavy atom. The van der Waals surface area contributed by atoms with Crippen LogP contribution in [0.15, 0.2) is 24.3 Å². The number of nitrogens with two attached hydrogens (primary N) is 1. The van der Waals surface area contributed by atoms with Gasteiger partial charge >= 0.3 is 0 Å². The third kappa shape index (κ3) is 2.49. The van der Waals surface area contributed by atoms with Gasteiger partial charge in [0.05, 0.1) is 5.54 Å². The third-order valence-electron chi connectivity index (χ3n) is 4.69. The van der Waals surface area contributed by atoms with E-state index in [0.29, 0.717) is 12.6 Å². The molecule has 0 bridgehead atoms. The predicted octanol–water partition coefficient (Wildman–Crippen LogP) is 2.36. The summed E-state index contributed by atoms with van der Waals surface area (Å²) in [6.07, 6.45) is 3.89. The number of benzene rings is 1. The van der Waals surface area contributed by atoms with Crippen molar-refractivity contribution in [3.63, 3.8) is 0 Å². The van der Waals surface area contributed by atoms with Crippen molar-refractivity contribution in [3.8, 4) is 0 Å². The van der Waals surface area contributed by atoms with E-state index in [1.54, 1.807) is 0 Å². The minimum Gasteiger partial charge on any atom is -0.377 e. The smallest absolute Gasteiger partial charge is 0.0637 e. The SMILES string of the molecule is Cc1ccccc1NC1(CN)CC(C)N(C2CC2)C1. The first-order valence-electron chi connectivity index (χ1n) is 7.43. The van der Waals surface area contributed by atoms with Crippen LogP contribution in [0.2, 0.25) is 0 Å². The minimum atomic E-state index is 0.0497. The first-order valence-corrected chi connectivity index (χ1v) is 7.43. The maximum Gasteiger partial charge on any atom is 0.0637 e. The predicted molar refractivity (Wildman–Crippen MR) is 80.4 cm³/mol. The van der Waals surface area contributed by atoms with E-state index in [-0.39, 0.29) is 5.54 Å². The molecule has 0 radical (unpaired) electrons. The van der Waals surface area contributed by atoms with Crippen LogP contribution >= 0.6 is 0 Å². The molecule has 3 N–H and O–H groups in total. The van der Waals surface area contributed by atoms with Crippen LogP contribution in [-0.2, 0) is 0 Å². The zero-order chi connectivity index (χ0) is 13.5. The Morgan fingerprint density at radius 1 is 1.37 bits per heavy atom. The standard InChI is InChI=1S/C16H25N3/c1-12-5-3-4-6-15(12)18-16(10-17)9-13(2)19(11-16)14-7-8-14/h3-6,13-14,18H,7-11,17H2,1-2H3. The van der Waals surface area contributed by atoms with Crippen molar-refractivity contribution in [1.82, 2.24) is 4.90 Å². The quantitative estimate of drug-likeness (QED) is 0.872. The third-order valence-corrected chi connectivity index (χ3v) is 4.69. The highest BCUT2D eigenvalue weighted by atomic mass is 15.3. The molecule has 2 fully saturated rings. The normalized spacial score (nSPS) is 31.6. The van der Waals surface area contributed by atoms with E-state index in [1.807, 2.05) is 0 Å². The highest BCUT2D eigenvalue weighted by Crippen LogP contribution is 2.38. The topological polar surface area (TPSA) is 41.3 Å². The van der Waals surface area contributed by atoms with Gasteiger partial charge < -0.3 is 11.1 Å². The van der Waals surface area contributed by atoms with Crippen molar-refractivity contribution in [2.75, 3.05) is 18.4 Å². The van der Waals surface area contributed by atoms with Crippen LogP contribution in [0, 0.1) is 6.92 Å². The highest BCUT2D eigenvalue weighted by molar-refractivity contribution is 5.52. The number of anilines is 1. The summed E-state index contributed by atoms with van der Waals surface area (Å²) in [4.78, 5) is 2.65. The molecule has 3 nitrogen and oxygen atoms in total. The van der Waals surface area contributed by atoms with Crippen LogP contribution in [0.3, 0.4) is 0 Å². The van der Waals surface area contributed by atoms with E-state index in [0.717, 1.165) is 19.0 Å². The van der Waals surface area contributed by atoms with E-state index in [4.69, 9.17) is 5.73 Å². The number of rotatable bonds is 4. The summed E-state index contributed by atoms with van der Waals surface area (Å²) in [5.41, 5.74) is 8.71. The Bertz CT molecular complexity index is 455. The lowest BCUT2D eigenvalue weighted by atomic mass is 9.95. The van der Waals surface area contributed by atoms with Crippen molar-refractivity contribution in [2.45, 2.75) is 50.7 Å². The number of likely N-dealkylation sites (tertiary alicyclic amines) is 1. The van der Waals surface area contributed by atoms with Crippen LogP contribution < -0.4 is 11.1 Å². The molecule has 0 amide bonds. The Morgan fingerprint density at radius 3 is 2.74 bits per heavy atom.